The van der Waals surface area contributed by atoms with E-state index in [4.69, 9.17) is 4.74 Å². The Kier molecular flexibility index (Phi) is 7.38. The monoisotopic (exact) mass is 410 g/mol. The molecule has 1 heterocycles. The van der Waals surface area contributed by atoms with E-state index in [1.807, 2.05) is 54.6 Å². The molecule has 2 aromatic carbocycles. The maximum absolute atomic E-state index is 10.6. The van der Waals surface area contributed by atoms with E-state index in [9.17, 15) is 13.0 Å². The van der Waals surface area contributed by atoms with Crippen molar-refractivity contribution in [3.05, 3.63) is 72.8 Å². The van der Waals surface area contributed by atoms with Gasteiger partial charge in [-0.1, -0.05) is 78.1 Å². The van der Waals surface area contributed by atoms with Gasteiger partial charge in [0.2, 0.25) is 5.88 Å². The molecular formula is C23H24NO4S. The third-order valence-corrected chi connectivity index (χ3v) is 5.31. The quantitative estimate of drug-likeness (QED) is 0.435. The molecule has 0 saturated heterocycles. The lowest BCUT2D eigenvalue weighted by molar-refractivity contribution is 0.294. The molecule has 0 aliphatic rings. The fraction of sp³-hybridized carbons (Fsp3) is 0.261. The van der Waals surface area contributed by atoms with Crippen LogP contribution >= 0.6 is 0 Å². The third-order valence-electron chi connectivity index (χ3n) is 4.52. The molecule has 0 bridgehead atoms. The molecule has 0 spiro atoms. The molecule has 5 nitrogen and oxygen atoms in total. The zero-order valence-corrected chi connectivity index (χ0v) is 17.0. The van der Waals surface area contributed by atoms with Crippen LogP contribution in [0.25, 0.3) is 22.4 Å². The summed E-state index contributed by atoms with van der Waals surface area (Å²) in [4.78, 5) is 4.65. The molecule has 0 aliphatic carbocycles. The van der Waals surface area contributed by atoms with E-state index in [1.54, 1.807) is 0 Å². The zero-order chi connectivity index (χ0) is 20.5. The Morgan fingerprint density at radius 2 is 1.34 bits per heavy atom. The summed E-state index contributed by atoms with van der Waals surface area (Å²) in [5.41, 5.74) is 4.00. The summed E-state index contributed by atoms with van der Waals surface area (Å²) in [6.07, 6.45) is 2.67. The molecule has 1 aromatic heterocycles. The summed E-state index contributed by atoms with van der Waals surface area (Å²) in [6.45, 7) is 0.490. The van der Waals surface area contributed by atoms with E-state index in [-0.39, 0.29) is 5.75 Å². The molecule has 0 N–H and O–H groups in total. The molecule has 0 aliphatic heterocycles. The van der Waals surface area contributed by atoms with Crippen LogP contribution in [-0.2, 0) is 14.7 Å². The SMILES string of the molecule is [O]S(=O)(=O)CCCCCCOc1cc(-c2ccccc2)cc(-c2ccccc2)n1. The number of pyridine rings is 1. The maximum atomic E-state index is 10.6. The van der Waals surface area contributed by atoms with Gasteiger partial charge in [-0.2, -0.15) is 8.42 Å². The Labute approximate surface area is 172 Å². The zero-order valence-electron chi connectivity index (χ0n) is 16.2. The second-order valence-corrected chi connectivity index (χ2v) is 8.36. The predicted octanol–water partition coefficient (Wildman–Crippen LogP) is 5.12. The van der Waals surface area contributed by atoms with Crippen LogP contribution in [0.4, 0.5) is 0 Å². The van der Waals surface area contributed by atoms with Crippen molar-refractivity contribution in [1.29, 1.82) is 0 Å². The Balaban J connectivity index is 1.66. The molecular weight excluding hydrogens is 386 g/mol. The lowest BCUT2D eigenvalue weighted by Crippen LogP contribution is -2.03. The van der Waals surface area contributed by atoms with E-state index >= 15 is 0 Å². The summed E-state index contributed by atoms with van der Waals surface area (Å²) in [5, 5.41) is 0. The number of hydrogen-bond donors (Lipinski definition) is 0. The van der Waals surface area contributed by atoms with Crippen molar-refractivity contribution >= 4 is 10.1 Å². The summed E-state index contributed by atoms with van der Waals surface area (Å²) in [5.74, 6) is 0.266. The molecule has 29 heavy (non-hydrogen) atoms. The minimum absolute atomic E-state index is 0.297. The Hall–Kier alpha value is -2.70. The Morgan fingerprint density at radius 3 is 2.00 bits per heavy atom. The van der Waals surface area contributed by atoms with Crippen LogP contribution in [0.15, 0.2) is 72.8 Å². The average Bonchev–Trinajstić information content (AvgIpc) is 2.73. The number of benzene rings is 2. The first-order chi connectivity index (χ1) is 14.0. The first kappa shape index (κ1) is 21.0. The lowest BCUT2D eigenvalue weighted by atomic mass is 10.0. The van der Waals surface area contributed by atoms with Crippen LogP contribution in [-0.4, -0.2) is 25.8 Å². The number of unbranched alkanes of at least 4 members (excludes halogenated alkanes) is 3. The highest BCUT2D eigenvalue weighted by molar-refractivity contribution is 7.85. The number of ether oxygens (including phenoxy) is 1. The molecule has 0 atom stereocenters. The predicted molar refractivity (Wildman–Crippen MR) is 114 cm³/mol. The Morgan fingerprint density at radius 1 is 0.724 bits per heavy atom. The molecule has 3 rings (SSSR count). The van der Waals surface area contributed by atoms with Crippen molar-refractivity contribution in [2.45, 2.75) is 25.7 Å². The van der Waals surface area contributed by atoms with Crippen molar-refractivity contribution in [3.8, 4) is 28.3 Å². The van der Waals surface area contributed by atoms with Crippen molar-refractivity contribution < 1.29 is 17.7 Å². The summed E-state index contributed by atoms with van der Waals surface area (Å²) in [6, 6.07) is 24.1. The fourth-order valence-electron chi connectivity index (χ4n) is 3.04. The van der Waals surface area contributed by atoms with E-state index < -0.39 is 10.1 Å². The van der Waals surface area contributed by atoms with Crippen molar-refractivity contribution in [2.75, 3.05) is 12.4 Å². The number of nitrogens with zero attached hydrogens (tertiary/aromatic N) is 1. The maximum Gasteiger partial charge on any atom is 0.294 e. The highest BCUT2D eigenvalue weighted by Gasteiger charge is 2.08. The molecule has 0 unspecified atom stereocenters. The van der Waals surface area contributed by atoms with Gasteiger partial charge in [-0.3, -0.25) is 0 Å². The van der Waals surface area contributed by atoms with Gasteiger partial charge in [-0.15, -0.1) is 0 Å². The first-order valence-corrected chi connectivity index (χ1v) is 11.3. The third kappa shape index (κ3) is 7.00. The topological polar surface area (TPSA) is 76.2 Å². The van der Waals surface area contributed by atoms with Crippen LogP contribution in [0, 0.1) is 0 Å². The van der Waals surface area contributed by atoms with Gasteiger partial charge >= 0.3 is 0 Å². The summed E-state index contributed by atoms with van der Waals surface area (Å²) in [7, 11) is -4.11. The lowest BCUT2D eigenvalue weighted by Gasteiger charge is -2.11. The van der Waals surface area contributed by atoms with Gasteiger partial charge in [0.25, 0.3) is 10.1 Å². The fourth-order valence-corrected chi connectivity index (χ4v) is 3.60. The second-order valence-electron chi connectivity index (χ2n) is 6.84. The number of rotatable bonds is 10. The molecule has 6 heteroatoms. The normalized spacial score (nSPS) is 11.3. The average molecular weight is 411 g/mol. The van der Waals surface area contributed by atoms with Crippen LogP contribution in [0.5, 0.6) is 5.88 Å². The standard InChI is InChI=1S/C23H24NO4S/c25-29(26,27)16-10-2-1-9-15-28-23-18-21(19-11-5-3-6-12-19)17-22(24-23)20-13-7-4-8-14-20/h3-8,11-14,17-18H,1-2,9-10,15-16H2. The molecule has 0 amide bonds. The van der Waals surface area contributed by atoms with E-state index in [0.29, 0.717) is 25.3 Å². The van der Waals surface area contributed by atoms with E-state index in [2.05, 4.69) is 23.2 Å². The van der Waals surface area contributed by atoms with Gasteiger partial charge < -0.3 is 4.74 Å². The van der Waals surface area contributed by atoms with Gasteiger partial charge in [0, 0.05) is 11.6 Å². The summed E-state index contributed by atoms with van der Waals surface area (Å²) >= 11 is 0. The second kappa shape index (κ2) is 10.2. The van der Waals surface area contributed by atoms with Crippen molar-refractivity contribution in [3.63, 3.8) is 0 Å². The smallest absolute Gasteiger partial charge is 0.294 e. The van der Waals surface area contributed by atoms with Crippen molar-refractivity contribution in [1.82, 2.24) is 4.98 Å². The first-order valence-electron chi connectivity index (χ1n) is 9.70. The molecule has 151 valence electrons. The molecule has 0 saturated carbocycles. The number of aromatic nitrogens is 1. The van der Waals surface area contributed by atoms with E-state index in [0.717, 1.165) is 35.2 Å². The van der Waals surface area contributed by atoms with Gasteiger partial charge in [0.05, 0.1) is 18.1 Å². The van der Waals surface area contributed by atoms with Crippen LogP contribution in [0.2, 0.25) is 0 Å². The molecule has 0 fully saturated rings. The minimum Gasteiger partial charge on any atom is -0.478 e. The summed E-state index contributed by atoms with van der Waals surface area (Å²) < 4.78 is 37.7. The van der Waals surface area contributed by atoms with Crippen LogP contribution in [0.1, 0.15) is 25.7 Å². The number of hydrogen-bond acceptors (Lipinski definition) is 4. The largest absolute Gasteiger partial charge is 0.478 e. The van der Waals surface area contributed by atoms with Crippen LogP contribution < -0.4 is 4.74 Å². The van der Waals surface area contributed by atoms with E-state index in [1.165, 1.54) is 0 Å². The van der Waals surface area contributed by atoms with Gasteiger partial charge in [-0.05, 0) is 30.0 Å². The minimum atomic E-state index is -4.11. The Bertz CT molecular complexity index is 948. The molecule has 3 aromatic rings. The van der Waals surface area contributed by atoms with Gasteiger partial charge in [0.1, 0.15) is 0 Å². The van der Waals surface area contributed by atoms with Crippen LogP contribution in [0.3, 0.4) is 0 Å². The van der Waals surface area contributed by atoms with Gasteiger partial charge in [0.15, 0.2) is 0 Å². The molecule has 1 radical (unpaired) electrons. The van der Waals surface area contributed by atoms with Gasteiger partial charge in [-0.25, -0.2) is 4.98 Å². The highest BCUT2D eigenvalue weighted by atomic mass is 32.2. The van der Waals surface area contributed by atoms with Crippen molar-refractivity contribution in [2.24, 2.45) is 0 Å². The highest BCUT2D eigenvalue weighted by Crippen LogP contribution is 2.28.